The van der Waals surface area contributed by atoms with Crippen molar-refractivity contribution in [1.29, 1.82) is 0 Å². The number of allylic oxidation sites excluding steroid dienone is 2. The lowest BCUT2D eigenvalue weighted by atomic mass is 9.86. The first-order valence-electron chi connectivity index (χ1n) is 8.56. The molecule has 0 saturated carbocycles. The molecule has 1 spiro atoms. The van der Waals surface area contributed by atoms with Crippen molar-refractivity contribution in [3.63, 3.8) is 0 Å². The summed E-state index contributed by atoms with van der Waals surface area (Å²) in [6.45, 7) is 2.01. The van der Waals surface area contributed by atoms with Gasteiger partial charge in [-0.2, -0.15) is 0 Å². The summed E-state index contributed by atoms with van der Waals surface area (Å²) in [4.78, 5) is 28.8. The van der Waals surface area contributed by atoms with Crippen LogP contribution in [-0.4, -0.2) is 36.3 Å². The van der Waals surface area contributed by atoms with E-state index in [0.29, 0.717) is 19.5 Å². The molecule has 0 aromatic heterocycles. The molecule has 2 heterocycles. The Balaban J connectivity index is 1.46. The van der Waals surface area contributed by atoms with Gasteiger partial charge in [-0.15, -0.1) is 0 Å². The Morgan fingerprint density at radius 2 is 1.83 bits per heavy atom. The number of carbonyl (C=O) groups is 2. The van der Waals surface area contributed by atoms with Crippen LogP contribution in [0.1, 0.15) is 25.7 Å². The van der Waals surface area contributed by atoms with Crippen LogP contribution in [0.25, 0.3) is 0 Å². The molecule has 126 valence electrons. The fourth-order valence-electron chi connectivity index (χ4n) is 4.23. The summed E-state index contributed by atoms with van der Waals surface area (Å²) < 4.78 is 13.1. The standard InChI is InChI=1S/C19H21FN2O2/c20-15-5-7-16(8-6-15)22-13-19(11-17(22)23)9-10-21(12-19)18(24)14-3-1-2-4-14/h1-2,5-8,14H,3-4,9-13H2. The Kier molecular flexibility index (Phi) is 3.66. The Labute approximate surface area is 140 Å². The molecular formula is C19H21FN2O2. The molecule has 0 N–H and O–H groups in total. The van der Waals surface area contributed by atoms with Crippen LogP contribution in [0.4, 0.5) is 10.1 Å². The van der Waals surface area contributed by atoms with Crippen molar-refractivity contribution in [2.75, 3.05) is 24.5 Å². The summed E-state index contributed by atoms with van der Waals surface area (Å²) in [5.41, 5.74) is 0.593. The lowest BCUT2D eigenvalue weighted by Gasteiger charge is -2.25. The molecule has 1 unspecified atom stereocenters. The Morgan fingerprint density at radius 1 is 1.12 bits per heavy atom. The van der Waals surface area contributed by atoms with Crippen molar-refractivity contribution in [1.82, 2.24) is 4.90 Å². The van der Waals surface area contributed by atoms with E-state index in [1.54, 1.807) is 17.0 Å². The lowest BCUT2D eigenvalue weighted by molar-refractivity contribution is -0.134. The molecule has 2 fully saturated rings. The fourth-order valence-corrected chi connectivity index (χ4v) is 4.23. The minimum atomic E-state index is -0.303. The van der Waals surface area contributed by atoms with Crippen LogP contribution in [0.15, 0.2) is 36.4 Å². The third-order valence-corrected chi connectivity index (χ3v) is 5.57. The summed E-state index contributed by atoms with van der Waals surface area (Å²) in [5.74, 6) is 0.0800. The molecule has 1 aliphatic carbocycles. The maximum Gasteiger partial charge on any atom is 0.227 e. The topological polar surface area (TPSA) is 40.6 Å². The van der Waals surface area contributed by atoms with Gasteiger partial charge >= 0.3 is 0 Å². The molecule has 1 atom stereocenters. The average Bonchev–Trinajstić information content (AvgIpc) is 3.29. The number of anilines is 1. The maximum atomic E-state index is 13.1. The van der Waals surface area contributed by atoms with Crippen molar-refractivity contribution in [3.05, 3.63) is 42.2 Å². The van der Waals surface area contributed by atoms with Crippen molar-refractivity contribution in [2.45, 2.75) is 25.7 Å². The number of benzene rings is 1. The van der Waals surface area contributed by atoms with Crippen LogP contribution in [0.5, 0.6) is 0 Å². The van der Waals surface area contributed by atoms with Crippen LogP contribution in [0, 0.1) is 17.2 Å². The highest BCUT2D eigenvalue weighted by atomic mass is 19.1. The second kappa shape index (κ2) is 5.72. The number of rotatable bonds is 2. The molecule has 2 amide bonds. The summed E-state index contributed by atoms with van der Waals surface area (Å²) in [7, 11) is 0. The molecular weight excluding hydrogens is 307 g/mol. The van der Waals surface area contributed by atoms with E-state index in [2.05, 4.69) is 12.2 Å². The Bertz CT molecular complexity index is 692. The number of nitrogens with zero attached hydrogens (tertiary/aromatic N) is 2. The molecule has 5 heteroatoms. The van der Waals surface area contributed by atoms with E-state index in [-0.39, 0.29) is 29.0 Å². The number of amides is 2. The van der Waals surface area contributed by atoms with Crippen LogP contribution < -0.4 is 4.90 Å². The molecule has 4 rings (SSSR count). The van der Waals surface area contributed by atoms with E-state index >= 15 is 0 Å². The Morgan fingerprint density at radius 3 is 2.54 bits per heavy atom. The highest BCUT2D eigenvalue weighted by molar-refractivity contribution is 5.96. The smallest absolute Gasteiger partial charge is 0.227 e. The minimum Gasteiger partial charge on any atom is -0.342 e. The normalized spacial score (nSPS) is 27.0. The van der Waals surface area contributed by atoms with Gasteiger partial charge in [0.15, 0.2) is 0 Å². The first-order valence-corrected chi connectivity index (χ1v) is 8.56. The van der Waals surface area contributed by atoms with Gasteiger partial charge < -0.3 is 9.80 Å². The fraction of sp³-hybridized carbons (Fsp3) is 0.474. The molecule has 1 aromatic carbocycles. The third-order valence-electron chi connectivity index (χ3n) is 5.57. The van der Waals surface area contributed by atoms with Crippen molar-refractivity contribution >= 4 is 17.5 Å². The van der Waals surface area contributed by atoms with Crippen LogP contribution in [-0.2, 0) is 9.59 Å². The zero-order valence-electron chi connectivity index (χ0n) is 13.6. The van der Waals surface area contributed by atoms with Gasteiger partial charge in [0.2, 0.25) is 11.8 Å². The van der Waals surface area contributed by atoms with Gasteiger partial charge in [-0.25, -0.2) is 4.39 Å². The second-order valence-corrected chi connectivity index (χ2v) is 7.28. The summed E-state index contributed by atoms with van der Waals surface area (Å²) >= 11 is 0. The number of halogens is 1. The first-order chi connectivity index (χ1) is 11.6. The van der Waals surface area contributed by atoms with Crippen molar-refractivity contribution in [2.24, 2.45) is 11.3 Å². The largest absolute Gasteiger partial charge is 0.342 e. The summed E-state index contributed by atoms with van der Waals surface area (Å²) in [6.07, 6.45) is 7.15. The maximum absolute atomic E-state index is 13.1. The first kappa shape index (κ1) is 15.4. The number of hydrogen-bond acceptors (Lipinski definition) is 2. The molecule has 0 bridgehead atoms. The molecule has 4 nitrogen and oxygen atoms in total. The SMILES string of the molecule is O=C(C1CC=CC1)N1CCC2(CC(=O)N(c3ccc(F)cc3)C2)C1. The number of hydrogen-bond donors (Lipinski definition) is 0. The zero-order valence-corrected chi connectivity index (χ0v) is 13.6. The monoisotopic (exact) mass is 328 g/mol. The van der Waals surface area contributed by atoms with E-state index in [1.807, 2.05) is 4.90 Å². The molecule has 24 heavy (non-hydrogen) atoms. The van der Waals surface area contributed by atoms with Gasteiger partial charge in [0.05, 0.1) is 0 Å². The van der Waals surface area contributed by atoms with E-state index < -0.39 is 0 Å². The molecule has 1 aromatic rings. The highest BCUT2D eigenvalue weighted by Crippen LogP contribution is 2.42. The van der Waals surface area contributed by atoms with Gasteiger partial charge in [0, 0.05) is 43.1 Å². The number of carbonyl (C=O) groups excluding carboxylic acids is 2. The molecule has 2 saturated heterocycles. The van der Waals surface area contributed by atoms with E-state index in [0.717, 1.165) is 31.5 Å². The van der Waals surface area contributed by atoms with Crippen LogP contribution in [0.3, 0.4) is 0 Å². The van der Waals surface area contributed by atoms with Crippen molar-refractivity contribution < 1.29 is 14.0 Å². The zero-order chi connectivity index (χ0) is 16.7. The van der Waals surface area contributed by atoms with Gasteiger partial charge in [-0.1, -0.05) is 12.2 Å². The highest BCUT2D eigenvalue weighted by Gasteiger charge is 2.49. The predicted molar refractivity (Wildman–Crippen MR) is 88.9 cm³/mol. The second-order valence-electron chi connectivity index (χ2n) is 7.28. The molecule has 0 radical (unpaired) electrons. The molecule has 2 aliphatic heterocycles. The van der Waals surface area contributed by atoms with E-state index in [4.69, 9.17) is 0 Å². The lowest BCUT2D eigenvalue weighted by Crippen LogP contribution is -2.36. The van der Waals surface area contributed by atoms with Gasteiger partial charge in [-0.3, -0.25) is 9.59 Å². The van der Waals surface area contributed by atoms with Crippen LogP contribution in [0.2, 0.25) is 0 Å². The minimum absolute atomic E-state index is 0.0680. The summed E-state index contributed by atoms with van der Waals surface area (Å²) in [5, 5.41) is 0. The van der Waals surface area contributed by atoms with Crippen LogP contribution >= 0.6 is 0 Å². The summed E-state index contributed by atoms with van der Waals surface area (Å²) in [6, 6.07) is 6.05. The third kappa shape index (κ3) is 2.62. The Hall–Kier alpha value is -2.17. The van der Waals surface area contributed by atoms with E-state index in [9.17, 15) is 14.0 Å². The van der Waals surface area contributed by atoms with Crippen molar-refractivity contribution in [3.8, 4) is 0 Å². The van der Waals surface area contributed by atoms with Gasteiger partial charge in [0.1, 0.15) is 5.82 Å². The average molecular weight is 328 g/mol. The van der Waals surface area contributed by atoms with Gasteiger partial charge in [0.25, 0.3) is 0 Å². The van der Waals surface area contributed by atoms with E-state index in [1.165, 1.54) is 12.1 Å². The predicted octanol–water partition coefficient (Wildman–Crippen LogP) is 2.75. The molecule has 3 aliphatic rings. The van der Waals surface area contributed by atoms with Gasteiger partial charge in [-0.05, 0) is 43.5 Å². The number of likely N-dealkylation sites (tertiary alicyclic amines) is 1. The quantitative estimate of drug-likeness (QED) is 0.783.